The molecule has 0 aliphatic heterocycles. The van der Waals surface area contributed by atoms with Gasteiger partial charge in [-0.15, -0.1) is 0 Å². The first kappa shape index (κ1) is 34.6. The third-order valence-electron chi connectivity index (χ3n) is 0. The Bertz CT molecular complexity index is 9.51. The van der Waals surface area contributed by atoms with Gasteiger partial charge in [0.2, 0.25) is 0 Å². The van der Waals surface area contributed by atoms with E-state index in [4.69, 9.17) is 0 Å². The van der Waals surface area contributed by atoms with Crippen molar-refractivity contribution < 1.29 is 81.1 Å². The molecule has 0 aromatic rings. The Morgan fingerprint density at radius 1 is 0.833 bits per heavy atom. The maximum atomic E-state index is 3.78. The second-order valence-electron chi connectivity index (χ2n) is 0. The van der Waals surface area contributed by atoms with Gasteiger partial charge in [-0.05, 0) is 0 Å². The molecular weight excluding hydrogens is 387 g/mol. The van der Waals surface area contributed by atoms with Crippen LogP contribution >= 0.6 is 11.7 Å². The summed E-state index contributed by atoms with van der Waals surface area (Å²) < 4.78 is 0. The molecule has 0 heterocycles. The minimum Gasteiger partial charge on any atom is -0.723 e. The summed E-state index contributed by atoms with van der Waals surface area (Å²) in [6, 6.07) is 0. The Morgan fingerprint density at radius 2 is 0.833 bits per heavy atom. The second-order valence-corrected chi connectivity index (χ2v) is 0. The van der Waals surface area contributed by atoms with E-state index >= 15 is 0 Å². The van der Waals surface area contributed by atoms with Gasteiger partial charge in [0.05, 0.1) is 0 Å². The van der Waals surface area contributed by atoms with E-state index < -0.39 is 0 Å². The zero-order chi connectivity index (χ0) is 2.00. The molecule has 0 spiro atoms. The largest absolute Gasteiger partial charge is 0.723 e. The van der Waals surface area contributed by atoms with Gasteiger partial charge in [0, 0.05) is 81.1 Å². The molecular formula is HMo2S2Zn2-. The Morgan fingerprint density at radius 3 is 0.833 bits per heavy atom. The van der Waals surface area contributed by atoms with Gasteiger partial charge in [0.15, 0.2) is 0 Å². The smallest absolute Gasteiger partial charge is 0 e. The SMILES string of the molecule is [Mo].[Mo].[S-]S.[Zn].[Zn]. The van der Waals surface area contributed by atoms with Crippen LogP contribution in [-0.4, -0.2) is 0 Å². The zero-order valence-electron chi connectivity index (χ0n) is 3.09. The molecule has 0 aliphatic carbocycles. The normalized spacial score (nSPS) is 1.00. The molecule has 6 heavy (non-hydrogen) atoms. The third-order valence-corrected chi connectivity index (χ3v) is 0. The molecule has 0 aromatic heterocycles. The van der Waals surface area contributed by atoms with Crippen LogP contribution in [0, 0.1) is 0 Å². The van der Waals surface area contributed by atoms with E-state index in [-0.39, 0.29) is 81.1 Å². The topological polar surface area (TPSA) is 0 Å². The van der Waals surface area contributed by atoms with Crippen LogP contribution in [0.5, 0.6) is 0 Å². The molecule has 0 aliphatic rings. The van der Waals surface area contributed by atoms with Crippen LogP contribution in [0.15, 0.2) is 0 Å². The van der Waals surface area contributed by atoms with Crippen molar-refractivity contribution in [3.63, 3.8) is 0 Å². The first-order valence-corrected chi connectivity index (χ1v) is 1.64. The van der Waals surface area contributed by atoms with Crippen LogP contribution in [0.4, 0.5) is 0 Å². The summed E-state index contributed by atoms with van der Waals surface area (Å²) >= 11 is 6.89. The van der Waals surface area contributed by atoms with Crippen molar-refractivity contribution in [2.75, 3.05) is 0 Å². The molecule has 0 bridgehead atoms. The summed E-state index contributed by atoms with van der Waals surface area (Å²) in [5.74, 6) is 0. The van der Waals surface area contributed by atoms with Gasteiger partial charge in [0.1, 0.15) is 0 Å². The van der Waals surface area contributed by atoms with E-state index in [2.05, 4.69) is 23.3 Å². The van der Waals surface area contributed by atoms with Crippen molar-refractivity contribution >= 4 is 23.3 Å². The summed E-state index contributed by atoms with van der Waals surface area (Å²) in [7, 11) is 0. The van der Waals surface area contributed by atoms with E-state index in [1.807, 2.05) is 0 Å². The molecule has 0 radical (unpaired) electrons. The monoisotopic (exact) mass is 389 g/mol. The summed E-state index contributed by atoms with van der Waals surface area (Å²) in [6.45, 7) is 0. The van der Waals surface area contributed by atoms with Crippen LogP contribution in [0.3, 0.4) is 0 Å². The van der Waals surface area contributed by atoms with Crippen LogP contribution in [0.25, 0.3) is 0 Å². The first-order valence-electron chi connectivity index (χ1n) is 0.183. The van der Waals surface area contributed by atoms with Crippen molar-refractivity contribution in [3.05, 3.63) is 0 Å². The summed E-state index contributed by atoms with van der Waals surface area (Å²) in [4.78, 5) is 0. The van der Waals surface area contributed by atoms with Gasteiger partial charge in [-0.1, -0.05) is 0 Å². The van der Waals surface area contributed by atoms with E-state index in [9.17, 15) is 0 Å². The average molecular weight is 388 g/mol. The molecule has 30 valence electrons. The van der Waals surface area contributed by atoms with E-state index in [1.54, 1.807) is 0 Å². The quantitative estimate of drug-likeness (QED) is 0.271. The minimum absolute atomic E-state index is 0. The van der Waals surface area contributed by atoms with Crippen LogP contribution in [0.1, 0.15) is 0 Å². The van der Waals surface area contributed by atoms with Crippen molar-refractivity contribution in [2.45, 2.75) is 0 Å². The molecule has 0 fully saturated rings. The van der Waals surface area contributed by atoms with E-state index in [1.165, 1.54) is 0 Å². The standard InChI is InChI=1S/2Mo.H2S2.2Zn/c;;1-2;;/h;;1-2H;;/p-1. The fourth-order valence-corrected chi connectivity index (χ4v) is 0. The molecule has 0 unspecified atom stereocenters. The molecule has 0 saturated heterocycles. The molecule has 0 N–H and O–H groups in total. The Kier molecular flexibility index (Phi) is 233. The average Bonchev–Trinajstić information content (AvgIpc) is 1.00. The number of hydrogen-bond acceptors (Lipinski definition) is 2. The zero-order valence-corrected chi connectivity index (χ0v) is 14.7. The van der Waals surface area contributed by atoms with Crippen molar-refractivity contribution in [2.24, 2.45) is 0 Å². The van der Waals surface area contributed by atoms with Gasteiger partial charge < -0.3 is 23.3 Å². The fraction of sp³-hybridized carbons (Fsp3) is 0. The molecule has 0 saturated carbocycles. The van der Waals surface area contributed by atoms with Crippen molar-refractivity contribution in [1.29, 1.82) is 0 Å². The molecule has 0 rings (SSSR count). The Hall–Kier alpha value is 3.32. The third kappa shape index (κ3) is 26.5. The predicted molar refractivity (Wildman–Crippen MR) is 16.4 cm³/mol. The van der Waals surface area contributed by atoms with Crippen molar-refractivity contribution in [1.82, 2.24) is 0 Å². The Labute approximate surface area is 103 Å². The summed E-state index contributed by atoms with van der Waals surface area (Å²) in [5, 5.41) is 0. The number of hydrogen-bond donors (Lipinski definition) is 1. The molecule has 0 nitrogen and oxygen atoms in total. The van der Waals surface area contributed by atoms with Gasteiger partial charge in [-0.25, -0.2) is 0 Å². The summed E-state index contributed by atoms with van der Waals surface area (Å²) in [6.07, 6.45) is 0. The maximum absolute atomic E-state index is 3.78. The fourth-order valence-electron chi connectivity index (χ4n) is 0. The molecule has 0 atom stereocenters. The first-order chi connectivity index (χ1) is 1.00. The molecule has 0 aromatic carbocycles. The van der Waals surface area contributed by atoms with Gasteiger partial charge in [-0.3, -0.25) is 0 Å². The van der Waals surface area contributed by atoms with Crippen LogP contribution < -0.4 is 0 Å². The second kappa shape index (κ2) is 40.4. The van der Waals surface area contributed by atoms with Gasteiger partial charge >= 0.3 is 0 Å². The van der Waals surface area contributed by atoms with E-state index in [0.717, 1.165) is 0 Å². The van der Waals surface area contributed by atoms with Crippen molar-refractivity contribution in [3.8, 4) is 0 Å². The van der Waals surface area contributed by atoms with Gasteiger partial charge in [0.25, 0.3) is 0 Å². The number of rotatable bonds is 0. The number of thiol groups is 1. The predicted octanol–water partition coefficient (Wildman–Crippen LogP) is 0.368. The van der Waals surface area contributed by atoms with Gasteiger partial charge in [-0.2, -0.15) is 0 Å². The van der Waals surface area contributed by atoms with Crippen LogP contribution in [-0.2, 0) is 92.7 Å². The maximum Gasteiger partial charge on any atom is 0 e. The summed E-state index contributed by atoms with van der Waals surface area (Å²) in [5.41, 5.74) is 0. The van der Waals surface area contributed by atoms with E-state index in [0.29, 0.717) is 0 Å². The van der Waals surface area contributed by atoms with Crippen LogP contribution in [0.2, 0.25) is 0 Å². The molecule has 6 heteroatoms. The minimum atomic E-state index is 0. The molecule has 0 amide bonds. The Balaban J connectivity index is -0.000000000833.